The first kappa shape index (κ1) is 16.8. The molecule has 0 heterocycles. The number of alkyl halides is 3. The van der Waals surface area contributed by atoms with Crippen molar-refractivity contribution in [2.45, 2.75) is 19.1 Å². The molecule has 2 nitrogen and oxygen atoms in total. The maximum Gasteiger partial charge on any atom is 0.401 e. The minimum Gasteiger partial charge on any atom is -0.312 e. The molecular formula is C13H17F5N2. The van der Waals surface area contributed by atoms with Crippen LogP contribution in [0, 0.1) is 11.6 Å². The van der Waals surface area contributed by atoms with Gasteiger partial charge in [-0.3, -0.25) is 4.90 Å². The van der Waals surface area contributed by atoms with E-state index in [4.69, 9.17) is 0 Å². The van der Waals surface area contributed by atoms with Crippen molar-refractivity contribution in [2.75, 3.05) is 26.7 Å². The highest BCUT2D eigenvalue weighted by Gasteiger charge is 2.31. The van der Waals surface area contributed by atoms with Crippen molar-refractivity contribution < 1.29 is 22.0 Å². The summed E-state index contributed by atoms with van der Waals surface area (Å²) in [4.78, 5) is 1.13. The van der Waals surface area contributed by atoms with Crippen molar-refractivity contribution in [3.8, 4) is 0 Å². The molecule has 1 atom stereocenters. The fraction of sp³-hybridized carbons (Fsp3) is 0.538. The lowest BCUT2D eigenvalue weighted by molar-refractivity contribution is -0.146. The third-order valence-corrected chi connectivity index (χ3v) is 3.00. The van der Waals surface area contributed by atoms with Gasteiger partial charge in [0.25, 0.3) is 0 Å². The van der Waals surface area contributed by atoms with Crippen LogP contribution in [0.2, 0.25) is 0 Å². The molecule has 0 spiro atoms. The monoisotopic (exact) mass is 296 g/mol. The number of rotatable bonds is 6. The van der Waals surface area contributed by atoms with Crippen LogP contribution < -0.4 is 5.32 Å². The largest absolute Gasteiger partial charge is 0.401 e. The van der Waals surface area contributed by atoms with Crippen LogP contribution >= 0.6 is 0 Å². The molecule has 0 fully saturated rings. The molecule has 1 rings (SSSR count). The highest BCUT2D eigenvalue weighted by atomic mass is 19.4. The van der Waals surface area contributed by atoms with E-state index in [1.165, 1.54) is 19.2 Å². The van der Waals surface area contributed by atoms with Gasteiger partial charge < -0.3 is 5.32 Å². The Labute approximate surface area is 114 Å². The molecule has 20 heavy (non-hydrogen) atoms. The van der Waals surface area contributed by atoms with Crippen LogP contribution in [0.15, 0.2) is 18.2 Å². The zero-order chi connectivity index (χ0) is 15.3. The van der Waals surface area contributed by atoms with E-state index in [-0.39, 0.29) is 18.7 Å². The van der Waals surface area contributed by atoms with E-state index in [1.54, 1.807) is 6.92 Å². The SMILES string of the molecule is CCN(CC(NC)c1cccc(F)c1F)CC(F)(F)F. The summed E-state index contributed by atoms with van der Waals surface area (Å²) in [5.41, 5.74) is 0.0214. The number of likely N-dealkylation sites (N-methyl/N-ethyl adjacent to an activating group) is 2. The van der Waals surface area contributed by atoms with Crippen molar-refractivity contribution in [2.24, 2.45) is 0 Å². The molecule has 0 radical (unpaired) electrons. The predicted octanol–water partition coefficient (Wildman–Crippen LogP) is 3.11. The summed E-state index contributed by atoms with van der Waals surface area (Å²) in [5.74, 6) is -2.04. The summed E-state index contributed by atoms with van der Waals surface area (Å²) < 4.78 is 64.0. The number of hydrogen-bond acceptors (Lipinski definition) is 2. The summed E-state index contributed by atoms with van der Waals surface area (Å²) in [6.45, 7) is 0.598. The molecule has 0 bridgehead atoms. The molecule has 0 saturated carbocycles. The van der Waals surface area contributed by atoms with E-state index in [2.05, 4.69) is 5.32 Å². The van der Waals surface area contributed by atoms with Gasteiger partial charge in [-0.1, -0.05) is 19.1 Å². The third-order valence-electron chi connectivity index (χ3n) is 3.00. The lowest BCUT2D eigenvalue weighted by Gasteiger charge is -2.27. The van der Waals surface area contributed by atoms with Gasteiger partial charge in [-0.15, -0.1) is 0 Å². The van der Waals surface area contributed by atoms with Gasteiger partial charge in [0.15, 0.2) is 11.6 Å². The minimum atomic E-state index is -4.32. The molecule has 0 aliphatic carbocycles. The van der Waals surface area contributed by atoms with E-state index < -0.39 is 30.4 Å². The molecule has 1 N–H and O–H groups in total. The molecule has 1 unspecified atom stereocenters. The van der Waals surface area contributed by atoms with E-state index in [0.717, 1.165) is 11.0 Å². The Morgan fingerprint density at radius 1 is 1.25 bits per heavy atom. The average molecular weight is 296 g/mol. The zero-order valence-electron chi connectivity index (χ0n) is 11.3. The Balaban J connectivity index is 2.88. The summed E-state index contributed by atoms with van der Waals surface area (Å²) in [6, 6.07) is 2.95. The standard InChI is InChI=1S/C13H17F5N2/c1-3-20(8-13(16,17)18)7-11(19-2)9-5-4-6-10(14)12(9)15/h4-6,11,19H,3,7-8H2,1-2H3. The number of nitrogens with one attached hydrogen (secondary N) is 1. The first-order chi connectivity index (χ1) is 9.28. The third kappa shape index (κ3) is 4.72. The average Bonchev–Trinajstić information content (AvgIpc) is 2.36. The number of hydrogen-bond donors (Lipinski definition) is 1. The molecule has 7 heteroatoms. The minimum absolute atomic E-state index is 0.0214. The topological polar surface area (TPSA) is 15.3 Å². The fourth-order valence-electron chi connectivity index (χ4n) is 1.95. The van der Waals surface area contributed by atoms with Gasteiger partial charge in [0.05, 0.1) is 6.54 Å². The molecule has 114 valence electrons. The Morgan fingerprint density at radius 2 is 1.90 bits per heavy atom. The number of halogens is 5. The second-order valence-corrected chi connectivity index (χ2v) is 4.43. The normalized spacial score (nSPS) is 13.8. The maximum atomic E-state index is 13.7. The lowest BCUT2D eigenvalue weighted by atomic mass is 10.1. The van der Waals surface area contributed by atoms with Crippen LogP contribution in [0.4, 0.5) is 22.0 Å². The predicted molar refractivity (Wildman–Crippen MR) is 66.3 cm³/mol. The van der Waals surface area contributed by atoms with Crippen LogP contribution in [0.5, 0.6) is 0 Å². The first-order valence-electron chi connectivity index (χ1n) is 6.18. The van der Waals surface area contributed by atoms with Gasteiger partial charge in [-0.05, 0) is 19.7 Å². The Bertz CT molecular complexity index is 433. The molecular weight excluding hydrogens is 279 g/mol. The van der Waals surface area contributed by atoms with E-state index in [9.17, 15) is 22.0 Å². The highest BCUT2D eigenvalue weighted by Crippen LogP contribution is 2.22. The highest BCUT2D eigenvalue weighted by molar-refractivity contribution is 5.22. The summed E-state index contributed by atoms with van der Waals surface area (Å²) in [7, 11) is 1.50. The van der Waals surface area contributed by atoms with Gasteiger partial charge in [0, 0.05) is 18.2 Å². The second kappa shape index (κ2) is 6.99. The maximum absolute atomic E-state index is 13.7. The fourth-order valence-corrected chi connectivity index (χ4v) is 1.95. The first-order valence-corrected chi connectivity index (χ1v) is 6.18. The summed E-state index contributed by atoms with van der Waals surface area (Å²) in [6.07, 6.45) is -4.32. The smallest absolute Gasteiger partial charge is 0.312 e. The van der Waals surface area contributed by atoms with Crippen LogP contribution in [-0.4, -0.2) is 37.8 Å². The lowest BCUT2D eigenvalue weighted by Crippen LogP contribution is -2.39. The number of nitrogens with zero attached hydrogens (tertiary/aromatic N) is 1. The van der Waals surface area contributed by atoms with E-state index in [1.807, 2.05) is 0 Å². The summed E-state index contributed by atoms with van der Waals surface area (Å²) >= 11 is 0. The van der Waals surface area contributed by atoms with Crippen molar-refractivity contribution in [3.05, 3.63) is 35.4 Å². The molecule has 0 saturated heterocycles. The van der Waals surface area contributed by atoms with Gasteiger partial charge in [0.2, 0.25) is 0 Å². The van der Waals surface area contributed by atoms with Crippen molar-refractivity contribution in [1.29, 1.82) is 0 Å². The van der Waals surface area contributed by atoms with Crippen LogP contribution in [0.1, 0.15) is 18.5 Å². The van der Waals surface area contributed by atoms with Gasteiger partial charge in [-0.2, -0.15) is 13.2 Å². The van der Waals surface area contributed by atoms with Crippen LogP contribution in [-0.2, 0) is 0 Å². The molecule has 1 aromatic carbocycles. The molecule has 0 aliphatic heterocycles. The van der Waals surface area contributed by atoms with E-state index in [0.29, 0.717) is 0 Å². The Hall–Kier alpha value is -1.21. The van der Waals surface area contributed by atoms with Crippen LogP contribution in [0.3, 0.4) is 0 Å². The van der Waals surface area contributed by atoms with Crippen LogP contribution in [0.25, 0.3) is 0 Å². The van der Waals surface area contributed by atoms with Gasteiger partial charge in [-0.25, -0.2) is 8.78 Å². The van der Waals surface area contributed by atoms with Crippen molar-refractivity contribution in [1.82, 2.24) is 10.2 Å². The molecule has 0 amide bonds. The zero-order valence-corrected chi connectivity index (χ0v) is 11.3. The van der Waals surface area contributed by atoms with E-state index >= 15 is 0 Å². The quantitative estimate of drug-likeness (QED) is 0.812. The van der Waals surface area contributed by atoms with Gasteiger partial charge >= 0.3 is 6.18 Å². The van der Waals surface area contributed by atoms with Crippen molar-refractivity contribution in [3.63, 3.8) is 0 Å². The van der Waals surface area contributed by atoms with Gasteiger partial charge in [0.1, 0.15) is 0 Å². The molecule has 0 aliphatic rings. The summed E-state index contributed by atoms with van der Waals surface area (Å²) in [5, 5.41) is 2.72. The Morgan fingerprint density at radius 3 is 2.40 bits per heavy atom. The van der Waals surface area contributed by atoms with Crippen molar-refractivity contribution >= 4 is 0 Å². The number of benzene rings is 1. The Kier molecular flexibility index (Phi) is 5.88. The second-order valence-electron chi connectivity index (χ2n) is 4.43. The molecule has 1 aromatic rings. The molecule has 0 aromatic heterocycles.